The summed E-state index contributed by atoms with van der Waals surface area (Å²) in [5, 5.41) is 0.284. The third-order valence-corrected chi connectivity index (χ3v) is 12.2. The van der Waals surface area contributed by atoms with Crippen molar-refractivity contribution in [2.24, 2.45) is 0 Å². The van der Waals surface area contributed by atoms with Gasteiger partial charge in [0.15, 0.2) is 8.32 Å². The molecule has 0 amide bonds. The molecule has 38 heavy (non-hydrogen) atoms. The van der Waals surface area contributed by atoms with E-state index in [1.165, 1.54) is 16.7 Å². The van der Waals surface area contributed by atoms with Gasteiger partial charge in [-0.1, -0.05) is 93.6 Å². The van der Waals surface area contributed by atoms with Gasteiger partial charge in [0.25, 0.3) is 0 Å². The predicted octanol–water partition coefficient (Wildman–Crippen LogP) is 8.89. The highest BCUT2D eigenvalue weighted by Crippen LogP contribution is 2.36. The van der Waals surface area contributed by atoms with Crippen molar-refractivity contribution >= 4 is 8.32 Å². The Morgan fingerprint density at radius 3 is 1.74 bits per heavy atom. The van der Waals surface area contributed by atoms with Crippen LogP contribution in [0.1, 0.15) is 63.1 Å². The van der Waals surface area contributed by atoms with Crippen LogP contribution in [-0.2, 0) is 23.9 Å². The average molecular weight is 532 g/mol. The fraction of sp³-hybridized carbons (Fsp3) is 0.471. The molecule has 206 valence electrons. The number of rotatable bonds is 16. The Bertz CT molecular complexity index is 988. The number of hydrogen-bond donors (Lipinski definition) is 0. The molecule has 0 aromatic heterocycles. The molecule has 0 heterocycles. The quantitative estimate of drug-likeness (QED) is 0.136. The van der Waals surface area contributed by atoms with Gasteiger partial charge in [0, 0.05) is 19.7 Å². The van der Waals surface area contributed by atoms with Gasteiger partial charge in [-0.25, -0.2) is 0 Å². The molecule has 0 unspecified atom stereocenters. The molecular weight excluding hydrogens is 482 g/mol. The summed E-state index contributed by atoms with van der Waals surface area (Å²) < 4.78 is 12.4. The third kappa shape index (κ3) is 10.8. The van der Waals surface area contributed by atoms with E-state index < -0.39 is 8.32 Å². The van der Waals surface area contributed by atoms with Gasteiger partial charge in [-0.2, -0.15) is 0 Å². The van der Waals surface area contributed by atoms with Gasteiger partial charge < -0.3 is 9.16 Å². The van der Waals surface area contributed by atoms with E-state index >= 15 is 0 Å². The fourth-order valence-electron chi connectivity index (χ4n) is 4.25. The highest BCUT2D eigenvalue weighted by atomic mass is 28.4. The van der Waals surface area contributed by atoms with Crippen molar-refractivity contribution in [3.63, 3.8) is 0 Å². The molecule has 3 rings (SSSR count). The first-order valence-electron chi connectivity index (χ1n) is 14.4. The van der Waals surface area contributed by atoms with E-state index in [0.717, 1.165) is 70.7 Å². The van der Waals surface area contributed by atoms with Gasteiger partial charge in [-0.3, -0.25) is 4.90 Å². The van der Waals surface area contributed by atoms with Gasteiger partial charge in [0.2, 0.25) is 0 Å². The summed E-state index contributed by atoms with van der Waals surface area (Å²) in [5.41, 5.74) is 4.10. The van der Waals surface area contributed by atoms with E-state index in [1.807, 2.05) is 0 Å². The highest BCUT2D eigenvalue weighted by molar-refractivity contribution is 6.74. The van der Waals surface area contributed by atoms with Crippen LogP contribution in [0.3, 0.4) is 0 Å². The van der Waals surface area contributed by atoms with E-state index in [0.29, 0.717) is 0 Å². The number of ether oxygens (including phenoxy) is 1. The minimum Gasteiger partial charge on any atom is -0.494 e. The molecule has 0 spiro atoms. The maximum Gasteiger partial charge on any atom is 0.191 e. The molecule has 0 N–H and O–H groups in total. The predicted molar refractivity (Wildman–Crippen MR) is 164 cm³/mol. The summed E-state index contributed by atoms with van der Waals surface area (Å²) in [7, 11) is -1.62. The summed E-state index contributed by atoms with van der Waals surface area (Å²) in [6, 6.07) is 30.2. The highest BCUT2D eigenvalue weighted by Gasteiger charge is 2.36. The Labute approximate surface area is 233 Å². The molecule has 0 saturated carbocycles. The zero-order valence-electron chi connectivity index (χ0n) is 24.4. The Hall–Kier alpha value is -2.40. The first-order chi connectivity index (χ1) is 18.2. The number of nitrogens with zero attached hydrogens (tertiary/aromatic N) is 1. The van der Waals surface area contributed by atoms with Crippen LogP contribution in [0.4, 0.5) is 0 Å². The van der Waals surface area contributed by atoms with Gasteiger partial charge in [-0.05, 0) is 85.6 Å². The van der Waals surface area contributed by atoms with Crippen molar-refractivity contribution in [3.05, 3.63) is 102 Å². The second-order valence-electron chi connectivity index (χ2n) is 11.9. The van der Waals surface area contributed by atoms with E-state index in [-0.39, 0.29) is 5.04 Å². The summed E-state index contributed by atoms with van der Waals surface area (Å²) in [5.74, 6) is 0.973. The maximum absolute atomic E-state index is 6.30. The van der Waals surface area contributed by atoms with E-state index in [4.69, 9.17) is 9.16 Å². The molecular formula is C34H49NO2Si. The minimum absolute atomic E-state index is 0.284. The topological polar surface area (TPSA) is 21.7 Å². The number of benzene rings is 3. The van der Waals surface area contributed by atoms with Gasteiger partial charge in [-0.15, -0.1) is 0 Å². The van der Waals surface area contributed by atoms with Crippen molar-refractivity contribution in [1.82, 2.24) is 4.90 Å². The maximum atomic E-state index is 6.30. The lowest BCUT2D eigenvalue weighted by atomic mass is 10.1. The second-order valence-corrected chi connectivity index (χ2v) is 16.8. The van der Waals surface area contributed by atoms with Crippen LogP contribution in [0, 0.1) is 0 Å². The molecule has 0 radical (unpaired) electrons. The molecule has 0 aliphatic carbocycles. The Balaban J connectivity index is 1.34. The minimum atomic E-state index is -1.62. The molecule has 3 aromatic carbocycles. The molecule has 3 aromatic rings. The van der Waals surface area contributed by atoms with Crippen LogP contribution in [0.25, 0.3) is 0 Å². The molecule has 0 saturated heterocycles. The Morgan fingerprint density at radius 2 is 1.18 bits per heavy atom. The number of aryl methyl sites for hydroxylation is 1. The summed E-state index contributed by atoms with van der Waals surface area (Å²) in [6.45, 7) is 16.2. The van der Waals surface area contributed by atoms with Gasteiger partial charge >= 0.3 is 0 Å². The van der Waals surface area contributed by atoms with Crippen molar-refractivity contribution < 1.29 is 9.16 Å². The Morgan fingerprint density at radius 1 is 0.632 bits per heavy atom. The largest absolute Gasteiger partial charge is 0.494 e. The fourth-order valence-corrected chi connectivity index (χ4v) is 5.34. The number of unbranched alkanes of at least 4 members (excludes halogenated alkanes) is 2. The van der Waals surface area contributed by atoms with Gasteiger partial charge in [0.1, 0.15) is 5.75 Å². The Kier molecular flexibility index (Phi) is 12.1. The van der Waals surface area contributed by atoms with Crippen LogP contribution in [0.2, 0.25) is 18.1 Å². The molecule has 0 aliphatic rings. The van der Waals surface area contributed by atoms with Crippen molar-refractivity contribution in [1.29, 1.82) is 0 Å². The van der Waals surface area contributed by atoms with Crippen LogP contribution in [0.15, 0.2) is 84.9 Å². The van der Waals surface area contributed by atoms with Crippen LogP contribution in [0.5, 0.6) is 5.75 Å². The van der Waals surface area contributed by atoms with Crippen LogP contribution < -0.4 is 4.74 Å². The second kappa shape index (κ2) is 15.3. The first kappa shape index (κ1) is 30.1. The van der Waals surface area contributed by atoms with Gasteiger partial charge in [0.05, 0.1) is 6.61 Å². The zero-order chi connectivity index (χ0) is 27.3. The molecule has 0 atom stereocenters. The van der Waals surface area contributed by atoms with Crippen molar-refractivity contribution in [2.75, 3.05) is 19.8 Å². The zero-order valence-corrected chi connectivity index (χ0v) is 25.4. The first-order valence-corrected chi connectivity index (χ1v) is 17.3. The monoisotopic (exact) mass is 531 g/mol. The lowest BCUT2D eigenvalue weighted by Crippen LogP contribution is -2.40. The van der Waals surface area contributed by atoms with E-state index in [2.05, 4.69) is 124 Å². The molecule has 0 fully saturated rings. The summed E-state index contributed by atoms with van der Waals surface area (Å²) in [6.07, 6.45) is 5.55. The van der Waals surface area contributed by atoms with Crippen LogP contribution in [-0.4, -0.2) is 33.0 Å². The summed E-state index contributed by atoms with van der Waals surface area (Å²) >= 11 is 0. The molecule has 4 heteroatoms. The van der Waals surface area contributed by atoms with E-state index in [9.17, 15) is 0 Å². The SMILES string of the molecule is CC(C)(C)[Si](C)(C)OCCCCc1ccc(OCCCCN(Cc2ccccc2)Cc2ccccc2)cc1. The smallest absolute Gasteiger partial charge is 0.191 e. The molecule has 0 aliphatic heterocycles. The summed E-state index contributed by atoms with van der Waals surface area (Å²) in [4.78, 5) is 2.54. The average Bonchev–Trinajstić information content (AvgIpc) is 2.89. The lowest BCUT2D eigenvalue weighted by molar-refractivity contribution is 0.236. The van der Waals surface area contributed by atoms with Crippen molar-refractivity contribution in [3.8, 4) is 5.75 Å². The van der Waals surface area contributed by atoms with E-state index in [1.54, 1.807) is 0 Å². The van der Waals surface area contributed by atoms with Crippen LogP contribution >= 0.6 is 0 Å². The lowest BCUT2D eigenvalue weighted by Gasteiger charge is -2.36. The molecule has 3 nitrogen and oxygen atoms in total. The standard InChI is InChI=1S/C34H49NO2Si/c1-34(2,3)38(4,5)37-27-14-12-16-30-21-23-33(24-22-30)36-26-15-13-25-35(28-31-17-8-6-9-18-31)29-32-19-10-7-11-20-32/h6-11,17-24H,12-16,25-29H2,1-5H3. The molecule has 0 bridgehead atoms. The normalized spacial score (nSPS) is 12.2. The third-order valence-electron chi connectivity index (χ3n) is 7.69. The number of hydrogen-bond acceptors (Lipinski definition) is 3. The van der Waals surface area contributed by atoms with Crippen molar-refractivity contribution in [2.45, 2.75) is 84.1 Å².